The summed E-state index contributed by atoms with van der Waals surface area (Å²) < 4.78 is 0. The van der Waals surface area contributed by atoms with Crippen LogP contribution in [0.25, 0.3) is 0 Å². The second kappa shape index (κ2) is 4.68. The van der Waals surface area contributed by atoms with E-state index in [0.717, 1.165) is 16.1 Å². The summed E-state index contributed by atoms with van der Waals surface area (Å²) in [6.45, 7) is 0. The van der Waals surface area contributed by atoms with Crippen molar-refractivity contribution in [3.05, 3.63) is 52.2 Å². The first kappa shape index (κ1) is 11.2. The van der Waals surface area contributed by atoms with Crippen LogP contribution in [-0.4, -0.2) is 19.2 Å². The Bertz CT molecular complexity index is 433. The van der Waals surface area contributed by atoms with Crippen LogP contribution in [0.1, 0.15) is 16.5 Å². The largest absolute Gasteiger partial charge is 0.383 e. The Balaban J connectivity index is 2.22. The van der Waals surface area contributed by atoms with Crippen molar-refractivity contribution >= 4 is 17.0 Å². The van der Waals surface area contributed by atoms with Gasteiger partial charge in [-0.05, 0) is 29.1 Å². The normalized spacial score (nSPS) is 12.4. The standard InChI is InChI=1S/C13H15NOS/c1-14(2)11-7-5-10(6-8-11)13(15)12-4-3-9-16-12/h3-9,13,15H,1-2H3. The predicted molar refractivity (Wildman–Crippen MR) is 69.1 cm³/mol. The van der Waals surface area contributed by atoms with E-state index in [9.17, 15) is 5.11 Å². The van der Waals surface area contributed by atoms with Crippen LogP contribution in [0.2, 0.25) is 0 Å². The molecule has 16 heavy (non-hydrogen) atoms. The third-order valence-corrected chi connectivity index (χ3v) is 3.46. The van der Waals surface area contributed by atoms with E-state index < -0.39 is 6.10 Å². The zero-order valence-corrected chi connectivity index (χ0v) is 10.2. The minimum atomic E-state index is -0.504. The van der Waals surface area contributed by atoms with Gasteiger partial charge in [-0.25, -0.2) is 0 Å². The van der Waals surface area contributed by atoms with Crippen molar-refractivity contribution in [2.75, 3.05) is 19.0 Å². The van der Waals surface area contributed by atoms with Crippen LogP contribution in [0.15, 0.2) is 41.8 Å². The lowest BCUT2D eigenvalue weighted by molar-refractivity contribution is 0.224. The minimum absolute atomic E-state index is 0.504. The summed E-state index contributed by atoms with van der Waals surface area (Å²) in [5.74, 6) is 0. The molecule has 0 saturated heterocycles. The monoisotopic (exact) mass is 233 g/mol. The molecule has 0 amide bonds. The molecule has 0 saturated carbocycles. The average molecular weight is 233 g/mol. The summed E-state index contributed by atoms with van der Waals surface area (Å²) in [5, 5.41) is 12.1. The summed E-state index contributed by atoms with van der Waals surface area (Å²) in [6.07, 6.45) is -0.504. The van der Waals surface area contributed by atoms with Gasteiger partial charge in [-0.15, -0.1) is 11.3 Å². The van der Waals surface area contributed by atoms with Gasteiger partial charge in [0.05, 0.1) is 0 Å². The van der Waals surface area contributed by atoms with Gasteiger partial charge >= 0.3 is 0 Å². The highest BCUT2D eigenvalue weighted by atomic mass is 32.1. The van der Waals surface area contributed by atoms with Crippen LogP contribution in [0.5, 0.6) is 0 Å². The molecular formula is C13H15NOS. The molecule has 0 radical (unpaired) electrons. The number of anilines is 1. The molecule has 1 atom stereocenters. The number of hydrogen-bond acceptors (Lipinski definition) is 3. The molecule has 2 nitrogen and oxygen atoms in total. The molecule has 0 spiro atoms. The van der Waals surface area contributed by atoms with Crippen LogP contribution in [0.4, 0.5) is 5.69 Å². The SMILES string of the molecule is CN(C)c1ccc(C(O)c2cccs2)cc1. The molecule has 84 valence electrons. The van der Waals surface area contributed by atoms with E-state index in [2.05, 4.69) is 0 Å². The molecule has 0 fully saturated rings. The topological polar surface area (TPSA) is 23.5 Å². The van der Waals surface area contributed by atoms with E-state index in [1.807, 2.05) is 60.8 Å². The number of benzene rings is 1. The van der Waals surface area contributed by atoms with Gasteiger partial charge in [0.2, 0.25) is 0 Å². The number of hydrogen-bond donors (Lipinski definition) is 1. The number of nitrogens with zero attached hydrogens (tertiary/aromatic N) is 1. The van der Waals surface area contributed by atoms with E-state index >= 15 is 0 Å². The molecule has 1 aromatic carbocycles. The zero-order chi connectivity index (χ0) is 11.5. The van der Waals surface area contributed by atoms with Crippen molar-refractivity contribution < 1.29 is 5.11 Å². The predicted octanol–water partition coefficient (Wildman–Crippen LogP) is 2.90. The third-order valence-electron chi connectivity index (χ3n) is 2.54. The van der Waals surface area contributed by atoms with Crippen LogP contribution in [0.3, 0.4) is 0 Å². The Labute approximate surface area is 99.8 Å². The van der Waals surface area contributed by atoms with Crippen molar-refractivity contribution in [3.63, 3.8) is 0 Å². The fraction of sp³-hybridized carbons (Fsp3) is 0.231. The lowest BCUT2D eigenvalue weighted by atomic mass is 10.1. The molecule has 0 aliphatic rings. The van der Waals surface area contributed by atoms with Crippen molar-refractivity contribution in [2.45, 2.75) is 6.10 Å². The first-order chi connectivity index (χ1) is 7.68. The second-order valence-corrected chi connectivity index (χ2v) is 4.88. The van der Waals surface area contributed by atoms with Gasteiger partial charge < -0.3 is 10.0 Å². The lowest BCUT2D eigenvalue weighted by Crippen LogP contribution is -2.08. The number of thiophene rings is 1. The Hall–Kier alpha value is -1.32. The maximum atomic E-state index is 10.1. The molecule has 0 bridgehead atoms. The average Bonchev–Trinajstić information content (AvgIpc) is 2.81. The van der Waals surface area contributed by atoms with E-state index in [4.69, 9.17) is 0 Å². The van der Waals surface area contributed by atoms with E-state index in [-0.39, 0.29) is 0 Å². The van der Waals surface area contributed by atoms with Gasteiger partial charge in [0.15, 0.2) is 0 Å². The van der Waals surface area contributed by atoms with Crippen LogP contribution in [0, 0.1) is 0 Å². The van der Waals surface area contributed by atoms with Gasteiger partial charge in [-0.1, -0.05) is 18.2 Å². The van der Waals surface area contributed by atoms with Crippen molar-refractivity contribution in [1.82, 2.24) is 0 Å². The Morgan fingerprint density at radius 1 is 1.12 bits per heavy atom. The van der Waals surface area contributed by atoms with Crippen LogP contribution >= 0.6 is 11.3 Å². The first-order valence-corrected chi connectivity index (χ1v) is 6.05. The maximum Gasteiger partial charge on any atom is 0.113 e. The minimum Gasteiger partial charge on any atom is -0.383 e. The molecule has 1 unspecified atom stereocenters. The van der Waals surface area contributed by atoms with E-state index in [0.29, 0.717) is 0 Å². The molecule has 0 aliphatic carbocycles. The van der Waals surface area contributed by atoms with Gasteiger partial charge in [0.25, 0.3) is 0 Å². The molecule has 1 N–H and O–H groups in total. The molecular weight excluding hydrogens is 218 g/mol. The fourth-order valence-corrected chi connectivity index (χ4v) is 2.30. The number of rotatable bonds is 3. The summed E-state index contributed by atoms with van der Waals surface area (Å²) in [4.78, 5) is 3.03. The van der Waals surface area contributed by atoms with E-state index in [1.54, 1.807) is 11.3 Å². The number of aliphatic hydroxyl groups is 1. The maximum absolute atomic E-state index is 10.1. The van der Waals surface area contributed by atoms with Gasteiger partial charge in [0.1, 0.15) is 6.10 Å². The first-order valence-electron chi connectivity index (χ1n) is 5.17. The lowest BCUT2D eigenvalue weighted by Gasteiger charge is -2.14. The fourth-order valence-electron chi connectivity index (χ4n) is 1.57. The summed E-state index contributed by atoms with van der Waals surface area (Å²) >= 11 is 1.58. The molecule has 0 aliphatic heterocycles. The smallest absolute Gasteiger partial charge is 0.113 e. The van der Waals surface area contributed by atoms with Gasteiger partial charge in [0, 0.05) is 24.7 Å². The van der Waals surface area contributed by atoms with Crippen LogP contribution < -0.4 is 4.90 Å². The Morgan fingerprint density at radius 2 is 1.81 bits per heavy atom. The Kier molecular flexibility index (Phi) is 3.27. The Morgan fingerprint density at radius 3 is 2.31 bits per heavy atom. The summed E-state index contributed by atoms with van der Waals surface area (Å²) in [5.41, 5.74) is 2.08. The zero-order valence-electron chi connectivity index (χ0n) is 9.42. The number of aliphatic hydroxyl groups excluding tert-OH is 1. The molecule has 1 aromatic heterocycles. The van der Waals surface area contributed by atoms with Crippen molar-refractivity contribution in [2.24, 2.45) is 0 Å². The third kappa shape index (κ3) is 2.26. The van der Waals surface area contributed by atoms with Gasteiger partial charge in [-0.3, -0.25) is 0 Å². The van der Waals surface area contributed by atoms with Crippen LogP contribution in [-0.2, 0) is 0 Å². The highest BCUT2D eigenvalue weighted by Crippen LogP contribution is 2.26. The van der Waals surface area contributed by atoms with Gasteiger partial charge in [-0.2, -0.15) is 0 Å². The van der Waals surface area contributed by atoms with Crippen molar-refractivity contribution in [1.29, 1.82) is 0 Å². The molecule has 2 rings (SSSR count). The van der Waals surface area contributed by atoms with E-state index in [1.165, 1.54) is 0 Å². The molecule has 1 heterocycles. The summed E-state index contributed by atoms with van der Waals surface area (Å²) in [6, 6.07) is 11.9. The summed E-state index contributed by atoms with van der Waals surface area (Å²) in [7, 11) is 4.01. The molecule has 2 aromatic rings. The quantitative estimate of drug-likeness (QED) is 0.881. The highest BCUT2D eigenvalue weighted by Gasteiger charge is 2.10. The second-order valence-electron chi connectivity index (χ2n) is 3.90. The van der Waals surface area contributed by atoms with Crippen molar-refractivity contribution in [3.8, 4) is 0 Å². The highest BCUT2D eigenvalue weighted by molar-refractivity contribution is 7.10. The molecule has 3 heteroatoms.